The molecule has 0 fully saturated rings. The van der Waals surface area contributed by atoms with E-state index in [0.717, 1.165) is 0 Å². The number of ether oxygens (including phenoxy) is 3. The van der Waals surface area contributed by atoms with Gasteiger partial charge in [0.1, 0.15) is 0 Å². The Hall–Kier alpha value is -2.87. The maximum atomic E-state index is 12.9. The minimum absolute atomic E-state index is 0.0538. The quantitative estimate of drug-likeness (QED) is 0.0524. The summed E-state index contributed by atoms with van der Waals surface area (Å²) in [5.41, 5.74) is 8.24. The molecule has 0 aliphatic carbocycles. The van der Waals surface area contributed by atoms with Gasteiger partial charge in [-0.3, -0.25) is 18.5 Å². The van der Waals surface area contributed by atoms with E-state index in [2.05, 4.69) is 15.3 Å². The lowest BCUT2D eigenvalue weighted by molar-refractivity contribution is 0.0948. The summed E-state index contributed by atoms with van der Waals surface area (Å²) in [5, 5.41) is 5.92. The number of amides is 1. The van der Waals surface area contributed by atoms with Crippen LogP contribution in [0.3, 0.4) is 0 Å². The molecule has 20 heteroatoms. The van der Waals surface area contributed by atoms with Crippen molar-refractivity contribution in [2.45, 2.75) is 25.7 Å². The zero-order valence-electron chi connectivity index (χ0n) is 20.6. The number of azide groups is 1. The van der Waals surface area contributed by atoms with E-state index in [0.29, 0.717) is 6.42 Å². The fourth-order valence-electron chi connectivity index (χ4n) is 2.86. The minimum atomic E-state index is -4.30. The van der Waals surface area contributed by atoms with Gasteiger partial charge in [0.25, 0.3) is 36.3 Å². The first-order chi connectivity index (χ1) is 18.1. The van der Waals surface area contributed by atoms with E-state index in [1.165, 1.54) is 12.1 Å². The van der Waals surface area contributed by atoms with Gasteiger partial charge in [-0.25, -0.2) is 0 Å². The van der Waals surface area contributed by atoms with Gasteiger partial charge in [0.2, 0.25) is 5.75 Å². The molecule has 0 bridgehead atoms. The molecule has 1 rings (SSSR count). The topological polar surface area (TPSA) is 269 Å². The van der Waals surface area contributed by atoms with Gasteiger partial charge in [0.05, 0.1) is 42.6 Å². The molecular formula is C19H30N4O13S3. The summed E-state index contributed by atoms with van der Waals surface area (Å²) < 4.78 is 110. The number of carbonyl (C=O) groups is 1. The lowest BCUT2D eigenvalue weighted by Gasteiger charge is -2.20. The zero-order chi connectivity index (χ0) is 29.5. The van der Waals surface area contributed by atoms with Crippen LogP contribution in [0.1, 0.15) is 36.0 Å². The Bertz CT molecular complexity index is 1330. The lowest BCUT2D eigenvalue weighted by atomic mass is 10.1. The van der Waals surface area contributed by atoms with Gasteiger partial charge in [0.15, 0.2) is 11.5 Å². The molecule has 222 valence electrons. The average molecular weight is 619 g/mol. The van der Waals surface area contributed by atoms with Gasteiger partial charge in [0, 0.05) is 18.0 Å². The van der Waals surface area contributed by atoms with Gasteiger partial charge in [-0.05, 0) is 43.3 Å². The molecule has 0 aromatic heterocycles. The van der Waals surface area contributed by atoms with Crippen LogP contribution in [-0.4, -0.2) is 95.0 Å². The second-order valence-electron chi connectivity index (χ2n) is 7.80. The summed E-state index contributed by atoms with van der Waals surface area (Å²) >= 11 is 0. The van der Waals surface area contributed by atoms with E-state index in [1.807, 2.05) is 0 Å². The van der Waals surface area contributed by atoms with Crippen LogP contribution < -0.4 is 19.5 Å². The molecule has 0 unspecified atom stereocenters. The average Bonchev–Trinajstić information content (AvgIpc) is 2.80. The lowest BCUT2D eigenvalue weighted by Crippen LogP contribution is -2.26. The minimum Gasteiger partial charge on any atom is -0.490 e. The third-order valence-electron chi connectivity index (χ3n) is 4.49. The molecule has 4 N–H and O–H groups in total. The number of rotatable bonds is 20. The van der Waals surface area contributed by atoms with Crippen molar-refractivity contribution in [2.75, 3.05) is 50.2 Å². The van der Waals surface area contributed by atoms with Crippen molar-refractivity contribution < 1.29 is 57.9 Å². The van der Waals surface area contributed by atoms with Crippen molar-refractivity contribution in [3.05, 3.63) is 28.1 Å². The van der Waals surface area contributed by atoms with Crippen LogP contribution in [0.25, 0.3) is 10.4 Å². The molecule has 0 saturated heterocycles. The fraction of sp³-hybridized carbons (Fsp3) is 0.632. The Morgan fingerprint density at radius 1 is 0.795 bits per heavy atom. The highest BCUT2D eigenvalue weighted by molar-refractivity contribution is 7.86. The first-order valence-electron chi connectivity index (χ1n) is 11.3. The van der Waals surface area contributed by atoms with E-state index >= 15 is 0 Å². The third kappa shape index (κ3) is 16.0. The van der Waals surface area contributed by atoms with Crippen LogP contribution in [-0.2, 0) is 30.4 Å². The third-order valence-corrected chi connectivity index (χ3v) is 6.91. The molecule has 39 heavy (non-hydrogen) atoms. The van der Waals surface area contributed by atoms with Crippen LogP contribution in [0.5, 0.6) is 17.2 Å². The van der Waals surface area contributed by atoms with Gasteiger partial charge < -0.3 is 19.5 Å². The number of benzene rings is 1. The summed E-state index contributed by atoms with van der Waals surface area (Å²) in [7, 11) is -12.9. The molecule has 0 atom stereocenters. The summed E-state index contributed by atoms with van der Waals surface area (Å²) in [6.45, 7) is -0.620. The van der Waals surface area contributed by atoms with Gasteiger partial charge >= 0.3 is 0 Å². The van der Waals surface area contributed by atoms with Crippen LogP contribution >= 0.6 is 0 Å². The van der Waals surface area contributed by atoms with Crippen LogP contribution in [0.2, 0.25) is 0 Å². The number of nitrogens with one attached hydrogen (secondary N) is 1. The predicted molar refractivity (Wildman–Crippen MR) is 137 cm³/mol. The molecule has 17 nitrogen and oxygen atoms in total. The highest BCUT2D eigenvalue weighted by atomic mass is 32.2. The maximum absolute atomic E-state index is 12.9. The molecule has 1 aromatic carbocycles. The summed E-state index contributed by atoms with van der Waals surface area (Å²) in [5.74, 6) is -3.05. The number of nitrogens with zero attached hydrogens (tertiary/aromatic N) is 3. The normalized spacial score (nSPS) is 11.9. The van der Waals surface area contributed by atoms with Crippen molar-refractivity contribution in [2.24, 2.45) is 5.11 Å². The van der Waals surface area contributed by atoms with Crippen molar-refractivity contribution in [1.82, 2.24) is 5.32 Å². The van der Waals surface area contributed by atoms with Gasteiger partial charge in [-0.15, -0.1) is 0 Å². The number of hydrogen-bond acceptors (Lipinski definition) is 11. The highest BCUT2D eigenvalue weighted by Crippen LogP contribution is 2.41. The van der Waals surface area contributed by atoms with Crippen molar-refractivity contribution >= 4 is 36.3 Å². The van der Waals surface area contributed by atoms with E-state index in [-0.39, 0.29) is 75.0 Å². The Morgan fingerprint density at radius 3 is 1.77 bits per heavy atom. The van der Waals surface area contributed by atoms with Gasteiger partial charge in [-0.2, -0.15) is 25.3 Å². The zero-order valence-corrected chi connectivity index (χ0v) is 23.1. The van der Waals surface area contributed by atoms with Crippen LogP contribution in [0.15, 0.2) is 17.2 Å². The monoisotopic (exact) mass is 618 g/mol. The molecule has 1 aromatic rings. The number of carbonyl (C=O) groups excluding carboxylic acids is 1. The van der Waals surface area contributed by atoms with Crippen molar-refractivity contribution in [3.63, 3.8) is 0 Å². The first-order valence-corrected chi connectivity index (χ1v) is 16.2. The fourth-order valence-corrected chi connectivity index (χ4v) is 4.31. The summed E-state index contributed by atoms with van der Waals surface area (Å²) in [6, 6.07) is 2.58. The molecule has 0 aliphatic rings. The first kappa shape index (κ1) is 34.2. The molecule has 0 heterocycles. The molecule has 0 spiro atoms. The molecular weight excluding hydrogens is 588 g/mol. The second-order valence-corrected chi connectivity index (χ2v) is 12.5. The van der Waals surface area contributed by atoms with Crippen molar-refractivity contribution in [3.8, 4) is 17.2 Å². The summed E-state index contributed by atoms with van der Waals surface area (Å²) in [6.07, 6.45) is -0.181. The Morgan fingerprint density at radius 2 is 1.28 bits per heavy atom. The van der Waals surface area contributed by atoms with E-state index in [1.54, 1.807) is 0 Å². The smallest absolute Gasteiger partial charge is 0.264 e. The van der Waals surface area contributed by atoms with Crippen LogP contribution in [0, 0.1) is 0 Å². The largest absolute Gasteiger partial charge is 0.490 e. The standard InChI is InChI=1S/C19H30N4O13S3/c20-23-22-8-1-7-21-19(24)15-5-6-16(34-9-2-12-37(25,26)27)18(36-11-4-14-39(31,32)33)17(15)35-10-3-13-38(28,29)30/h5-6H,1-4,7-14H2,(H,21,24)(H,25,26,27)(H,28,29,30)(H,31,32,33). The summed E-state index contributed by atoms with van der Waals surface area (Å²) in [4.78, 5) is 15.5. The van der Waals surface area contributed by atoms with E-state index in [4.69, 9.17) is 33.4 Å². The predicted octanol–water partition coefficient (Wildman–Crippen LogP) is 1.09. The number of hydrogen-bond donors (Lipinski definition) is 4. The SMILES string of the molecule is [N-]=[N+]=NCCCNC(=O)c1ccc(OCCCS(=O)(=O)O)c(OCCCS(=O)(=O)O)c1OCCCS(=O)(=O)O. The second kappa shape index (κ2) is 16.3. The Kier molecular flexibility index (Phi) is 14.3. The maximum Gasteiger partial charge on any atom is 0.264 e. The Balaban J connectivity index is 3.28. The molecule has 1 amide bonds. The van der Waals surface area contributed by atoms with E-state index in [9.17, 15) is 30.0 Å². The molecule has 0 saturated carbocycles. The van der Waals surface area contributed by atoms with Gasteiger partial charge in [-0.1, -0.05) is 5.11 Å². The molecule has 0 radical (unpaired) electrons. The Labute approximate surface area is 225 Å². The van der Waals surface area contributed by atoms with Crippen molar-refractivity contribution in [1.29, 1.82) is 0 Å². The molecule has 0 aliphatic heterocycles. The van der Waals surface area contributed by atoms with Crippen LogP contribution in [0.4, 0.5) is 0 Å². The highest BCUT2D eigenvalue weighted by Gasteiger charge is 2.23. The van der Waals surface area contributed by atoms with E-state index < -0.39 is 53.5 Å².